The van der Waals surface area contributed by atoms with Gasteiger partial charge in [-0.15, -0.1) is 0 Å². The van der Waals surface area contributed by atoms with Gasteiger partial charge in [0.25, 0.3) is 0 Å². The molecule has 0 bridgehead atoms. The minimum atomic E-state index is -4.65. The van der Waals surface area contributed by atoms with Crippen LogP contribution in [0.15, 0.2) is 10.9 Å². The first-order valence-electron chi connectivity index (χ1n) is 6.30. The predicted molar refractivity (Wildman–Crippen MR) is 70.0 cm³/mol. The van der Waals surface area contributed by atoms with E-state index in [0.717, 1.165) is 5.56 Å². The molecule has 0 aliphatic heterocycles. The SMILES string of the molecule is Cc1noc(C)c1CNc1nc(C(F)(F)F)nc2nc[nH]c12. The van der Waals surface area contributed by atoms with Gasteiger partial charge in [0.2, 0.25) is 5.82 Å². The van der Waals surface area contributed by atoms with Crippen molar-refractivity contribution in [2.24, 2.45) is 0 Å². The molecule has 3 aromatic rings. The molecule has 3 rings (SSSR count). The number of halogens is 3. The quantitative estimate of drug-likeness (QED) is 0.772. The molecule has 0 aliphatic rings. The standard InChI is InChI=1S/C12H11F3N6O/c1-5-7(6(2)22-21-5)3-16-9-8-10(18-4-17-8)20-11(19-9)12(13,14)15/h4H,3H2,1-2H3,(H2,16,17,18,19,20). The van der Waals surface area contributed by atoms with E-state index in [1.807, 2.05) is 0 Å². The number of aromatic nitrogens is 5. The molecule has 2 N–H and O–H groups in total. The summed E-state index contributed by atoms with van der Waals surface area (Å²) in [5.74, 6) is -0.626. The van der Waals surface area contributed by atoms with Crippen LogP contribution in [-0.2, 0) is 12.7 Å². The summed E-state index contributed by atoms with van der Waals surface area (Å²) in [4.78, 5) is 13.4. The lowest BCUT2D eigenvalue weighted by atomic mass is 10.2. The van der Waals surface area contributed by atoms with Gasteiger partial charge in [0.15, 0.2) is 11.5 Å². The van der Waals surface area contributed by atoms with Gasteiger partial charge in [0, 0.05) is 12.1 Å². The van der Waals surface area contributed by atoms with Crippen molar-refractivity contribution < 1.29 is 17.7 Å². The van der Waals surface area contributed by atoms with Gasteiger partial charge >= 0.3 is 6.18 Å². The van der Waals surface area contributed by atoms with Crippen molar-refractivity contribution in [2.45, 2.75) is 26.6 Å². The van der Waals surface area contributed by atoms with Crippen LogP contribution in [0.3, 0.4) is 0 Å². The summed E-state index contributed by atoms with van der Waals surface area (Å²) in [6, 6.07) is 0. The lowest BCUT2D eigenvalue weighted by Gasteiger charge is -2.09. The largest absolute Gasteiger partial charge is 0.451 e. The topological polar surface area (TPSA) is 92.5 Å². The van der Waals surface area contributed by atoms with E-state index in [4.69, 9.17) is 4.52 Å². The van der Waals surface area contributed by atoms with Crippen LogP contribution < -0.4 is 5.32 Å². The maximum absolute atomic E-state index is 12.8. The number of nitrogens with one attached hydrogen (secondary N) is 2. The van der Waals surface area contributed by atoms with E-state index in [0.29, 0.717) is 17.0 Å². The van der Waals surface area contributed by atoms with Crippen LogP contribution in [0, 0.1) is 13.8 Å². The zero-order chi connectivity index (χ0) is 15.9. The van der Waals surface area contributed by atoms with Crippen molar-refractivity contribution in [2.75, 3.05) is 5.32 Å². The molecule has 0 spiro atoms. The zero-order valence-electron chi connectivity index (χ0n) is 11.6. The molecule has 3 aromatic heterocycles. The summed E-state index contributed by atoms with van der Waals surface area (Å²) >= 11 is 0. The average molecular weight is 312 g/mol. The lowest BCUT2D eigenvalue weighted by molar-refractivity contribution is -0.144. The van der Waals surface area contributed by atoms with Crippen LogP contribution in [0.25, 0.3) is 11.2 Å². The molecule has 0 radical (unpaired) electrons. The van der Waals surface area contributed by atoms with E-state index >= 15 is 0 Å². The molecule has 3 heterocycles. The lowest BCUT2D eigenvalue weighted by Crippen LogP contribution is -2.14. The molecule has 22 heavy (non-hydrogen) atoms. The summed E-state index contributed by atoms with van der Waals surface area (Å²) < 4.78 is 43.5. The Bertz CT molecular complexity index is 802. The molecule has 0 amide bonds. The summed E-state index contributed by atoms with van der Waals surface area (Å²) in [5, 5.41) is 6.64. The highest BCUT2D eigenvalue weighted by atomic mass is 19.4. The van der Waals surface area contributed by atoms with Crippen LogP contribution in [0.4, 0.5) is 19.0 Å². The minimum Gasteiger partial charge on any atom is -0.364 e. The van der Waals surface area contributed by atoms with E-state index in [-0.39, 0.29) is 18.0 Å². The third-order valence-electron chi connectivity index (χ3n) is 3.15. The normalized spacial score (nSPS) is 12.0. The van der Waals surface area contributed by atoms with E-state index in [2.05, 4.69) is 30.4 Å². The Morgan fingerprint density at radius 2 is 2.05 bits per heavy atom. The molecule has 0 aromatic carbocycles. The second-order valence-electron chi connectivity index (χ2n) is 4.65. The Morgan fingerprint density at radius 1 is 1.27 bits per heavy atom. The highest BCUT2D eigenvalue weighted by Gasteiger charge is 2.36. The van der Waals surface area contributed by atoms with E-state index in [1.54, 1.807) is 13.8 Å². The van der Waals surface area contributed by atoms with Crippen LogP contribution in [-0.4, -0.2) is 25.1 Å². The molecule has 7 nitrogen and oxygen atoms in total. The van der Waals surface area contributed by atoms with Crippen molar-refractivity contribution in [3.63, 3.8) is 0 Å². The number of H-pyrrole nitrogens is 1. The molecule has 0 saturated carbocycles. The van der Waals surface area contributed by atoms with Crippen molar-refractivity contribution in [1.29, 1.82) is 0 Å². The maximum Gasteiger partial charge on any atom is 0.451 e. The number of hydrogen-bond donors (Lipinski definition) is 2. The average Bonchev–Trinajstić information content (AvgIpc) is 3.03. The zero-order valence-corrected chi connectivity index (χ0v) is 11.6. The first-order valence-corrected chi connectivity index (χ1v) is 6.30. The predicted octanol–water partition coefficient (Wildman–Crippen LogP) is 2.59. The van der Waals surface area contributed by atoms with Crippen LogP contribution in [0.1, 0.15) is 22.8 Å². The summed E-state index contributed by atoms with van der Waals surface area (Å²) in [5.41, 5.74) is 1.68. The molecule has 10 heteroatoms. The molecule has 0 unspecified atom stereocenters. The second kappa shape index (κ2) is 4.97. The Labute approximate surface area is 122 Å². The molecule has 0 aliphatic carbocycles. The summed E-state index contributed by atoms with van der Waals surface area (Å²) in [7, 11) is 0. The smallest absolute Gasteiger partial charge is 0.364 e. The third kappa shape index (κ3) is 2.47. The van der Waals surface area contributed by atoms with Gasteiger partial charge in [-0.1, -0.05) is 5.16 Å². The van der Waals surface area contributed by atoms with Crippen LogP contribution in [0.2, 0.25) is 0 Å². The van der Waals surface area contributed by atoms with Gasteiger partial charge in [0.05, 0.1) is 12.0 Å². The van der Waals surface area contributed by atoms with Gasteiger partial charge < -0.3 is 14.8 Å². The fourth-order valence-electron chi connectivity index (χ4n) is 2.01. The number of alkyl halides is 3. The van der Waals surface area contributed by atoms with Gasteiger partial charge in [-0.2, -0.15) is 13.2 Å². The fourth-order valence-corrected chi connectivity index (χ4v) is 2.01. The van der Waals surface area contributed by atoms with Crippen LogP contribution >= 0.6 is 0 Å². The third-order valence-corrected chi connectivity index (χ3v) is 3.15. The summed E-state index contributed by atoms with van der Waals surface area (Å²) in [6.07, 6.45) is -3.38. The Balaban J connectivity index is 1.97. The molecule has 0 fully saturated rings. The van der Waals surface area contributed by atoms with Crippen molar-refractivity contribution in [3.8, 4) is 0 Å². The number of imidazole rings is 1. The highest BCUT2D eigenvalue weighted by Crippen LogP contribution is 2.29. The number of aromatic amines is 1. The van der Waals surface area contributed by atoms with Gasteiger partial charge in [-0.05, 0) is 13.8 Å². The Kier molecular flexibility index (Phi) is 3.23. The first-order chi connectivity index (χ1) is 10.4. The summed E-state index contributed by atoms with van der Waals surface area (Å²) in [6.45, 7) is 3.70. The Hall–Kier alpha value is -2.65. The first kappa shape index (κ1) is 14.3. The molecule has 0 atom stereocenters. The fraction of sp³-hybridized carbons (Fsp3) is 0.333. The molecular weight excluding hydrogens is 301 g/mol. The number of fused-ring (bicyclic) bond motifs is 1. The number of hydrogen-bond acceptors (Lipinski definition) is 6. The van der Waals surface area contributed by atoms with E-state index in [9.17, 15) is 13.2 Å². The van der Waals surface area contributed by atoms with Crippen molar-refractivity contribution in [1.82, 2.24) is 25.1 Å². The highest BCUT2D eigenvalue weighted by molar-refractivity contribution is 5.82. The monoisotopic (exact) mass is 312 g/mol. The Morgan fingerprint density at radius 3 is 2.68 bits per heavy atom. The van der Waals surface area contributed by atoms with Crippen molar-refractivity contribution in [3.05, 3.63) is 29.2 Å². The molecule has 0 saturated heterocycles. The number of aryl methyl sites for hydroxylation is 2. The van der Waals surface area contributed by atoms with E-state index < -0.39 is 12.0 Å². The number of anilines is 1. The van der Waals surface area contributed by atoms with Gasteiger partial charge in [-0.25, -0.2) is 15.0 Å². The van der Waals surface area contributed by atoms with Crippen molar-refractivity contribution >= 4 is 17.0 Å². The maximum atomic E-state index is 12.8. The molecule has 116 valence electrons. The number of nitrogens with zero attached hydrogens (tertiary/aromatic N) is 4. The minimum absolute atomic E-state index is 0.0230. The van der Waals surface area contributed by atoms with Crippen LogP contribution in [0.5, 0.6) is 0 Å². The number of rotatable bonds is 3. The second-order valence-corrected chi connectivity index (χ2v) is 4.65. The van der Waals surface area contributed by atoms with E-state index in [1.165, 1.54) is 6.33 Å². The van der Waals surface area contributed by atoms with Gasteiger partial charge in [-0.3, -0.25) is 0 Å². The van der Waals surface area contributed by atoms with Gasteiger partial charge in [0.1, 0.15) is 11.3 Å². The molecular formula is C12H11F3N6O.